The molecule has 2 heterocycles. The Labute approximate surface area is 100 Å². The molecule has 1 saturated carbocycles. The average molecular weight is 235 g/mol. The van der Waals surface area contributed by atoms with Crippen LogP contribution in [0.3, 0.4) is 0 Å². The molecule has 0 spiro atoms. The third-order valence-corrected chi connectivity index (χ3v) is 3.99. The largest absolute Gasteiger partial charge is 0.469 e. The molecule has 92 valence electrons. The summed E-state index contributed by atoms with van der Waals surface area (Å²) in [4.78, 5) is 11.5. The van der Waals surface area contributed by atoms with Crippen LogP contribution in [0, 0.1) is 5.92 Å². The number of carbonyl (C=O) groups is 1. The number of rotatable bonds is 2. The molecule has 1 aromatic heterocycles. The molecular weight excluding hydrogens is 218 g/mol. The van der Waals surface area contributed by atoms with Crippen molar-refractivity contribution in [1.29, 1.82) is 0 Å². The molecule has 5 nitrogen and oxygen atoms in total. The van der Waals surface area contributed by atoms with E-state index in [0.29, 0.717) is 12.3 Å². The minimum Gasteiger partial charge on any atom is -0.469 e. The van der Waals surface area contributed by atoms with Crippen LogP contribution < -0.4 is 0 Å². The van der Waals surface area contributed by atoms with Gasteiger partial charge in [0.15, 0.2) is 0 Å². The first-order chi connectivity index (χ1) is 8.29. The molecule has 0 aromatic carbocycles. The summed E-state index contributed by atoms with van der Waals surface area (Å²) in [5, 5.41) is 8.53. The lowest BCUT2D eigenvalue weighted by Gasteiger charge is -2.27. The maximum absolute atomic E-state index is 11.5. The summed E-state index contributed by atoms with van der Waals surface area (Å²) in [6.45, 7) is 0.855. The number of esters is 1. The Balaban J connectivity index is 1.80. The molecule has 0 saturated heterocycles. The van der Waals surface area contributed by atoms with Crippen LogP contribution in [0.5, 0.6) is 0 Å². The van der Waals surface area contributed by atoms with Crippen molar-refractivity contribution in [3.05, 3.63) is 11.6 Å². The Kier molecular flexibility index (Phi) is 2.61. The molecule has 1 aliphatic heterocycles. The minimum absolute atomic E-state index is 0.0362. The number of hydrogen-bond donors (Lipinski definition) is 0. The molecule has 0 N–H and O–H groups in total. The first-order valence-electron chi connectivity index (χ1n) is 6.29. The smallest absolute Gasteiger partial charge is 0.309 e. The van der Waals surface area contributed by atoms with Crippen LogP contribution in [0.15, 0.2) is 0 Å². The Morgan fingerprint density at radius 1 is 1.35 bits per heavy atom. The number of nitrogens with zero attached hydrogens (tertiary/aromatic N) is 3. The van der Waals surface area contributed by atoms with E-state index in [1.54, 1.807) is 0 Å². The zero-order valence-electron chi connectivity index (χ0n) is 10.1. The lowest BCUT2D eigenvalue weighted by Crippen LogP contribution is -2.28. The fraction of sp³-hybridized carbons (Fsp3) is 0.750. The standard InChI is InChI=1S/C12H17N3O2/c1-17-12(16)9-5-6-15-10(7-9)13-14-11(15)8-3-2-4-8/h8-9H,2-7H2,1H3. The van der Waals surface area contributed by atoms with Crippen LogP contribution in [-0.2, 0) is 22.5 Å². The number of hydrogen-bond acceptors (Lipinski definition) is 4. The summed E-state index contributed by atoms with van der Waals surface area (Å²) in [5.74, 6) is 2.53. The van der Waals surface area contributed by atoms with Crippen molar-refractivity contribution in [1.82, 2.24) is 14.8 Å². The fourth-order valence-electron chi connectivity index (χ4n) is 2.69. The maximum Gasteiger partial charge on any atom is 0.309 e. The van der Waals surface area contributed by atoms with Gasteiger partial charge in [-0.15, -0.1) is 10.2 Å². The van der Waals surface area contributed by atoms with Crippen molar-refractivity contribution in [2.75, 3.05) is 7.11 Å². The topological polar surface area (TPSA) is 57.0 Å². The molecular formula is C12H17N3O2. The van der Waals surface area contributed by atoms with Crippen molar-refractivity contribution < 1.29 is 9.53 Å². The van der Waals surface area contributed by atoms with Gasteiger partial charge in [-0.1, -0.05) is 6.42 Å². The van der Waals surface area contributed by atoms with Gasteiger partial charge >= 0.3 is 5.97 Å². The number of methoxy groups -OCH3 is 1. The third kappa shape index (κ3) is 1.73. The minimum atomic E-state index is -0.121. The Morgan fingerprint density at radius 2 is 2.18 bits per heavy atom. The highest BCUT2D eigenvalue weighted by molar-refractivity contribution is 5.72. The molecule has 0 bridgehead atoms. The van der Waals surface area contributed by atoms with Crippen molar-refractivity contribution in [3.8, 4) is 0 Å². The second-order valence-electron chi connectivity index (χ2n) is 4.97. The Hall–Kier alpha value is -1.39. The van der Waals surface area contributed by atoms with Crippen molar-refractivity contribution in [2.45, 2.75) is 44.6 Å². The van der Waals surface area contributed by atoms with Gasteiger partial charge in [0.05, 0.1) is 13.0 Å². The van der Waals surface area contributed by atoms with Crippen LogP contribution >= 0.6 is 0 Å². The molecule has 1 unspecified atom stereocenters. The molecule has 0 amide bonds. The molecule has 1 aliphatic carbocycles. The van der Waals surface area contributed by atoms with Gasteiger partial charge in [0.2, 0.25) is 0 Å². The molecule has 0 radical (unpaired) electrons. The van der Waals surface area contributed by atoms with Crippen molar-refractivity contribution in [2.24, 2.45) is 5.92 Å². The number of ether oxygens (including phenoxy) is 1. The Morgan fingerprint density at radius 3 is 2.82 bits per heavy atom. The van der Waals surface area contributed by atoms with E-state index in [0.717, 1.165) is 24.6 Å². The highest BCUT2D eigenvalue weighted by Gasteiger charge is 2.32. The Bertz CT molecular complexity index is 437. The van der Waals surface area contributed by atoms with Gasteiger partial charge in [0, 0.05) is 18.9 Å². The van der Waals surface area contributed by atoms with Crippen molar-refractivity contribution >= 4 is 5.97 Å². The van der Waals surface area contributed by atoms with Crippen LogP contribution in [0.1, 0.15) is 43.3 Å². The maximum atomic E-state index is 11.5. The first kappa shape index (κ1) is 10.7. The predicted octanol–water partition coefficient (Wildman–Crippen LogP) is 1.28. The normalized spacial score (nSPS) is 23.9. The van der Waals surface area contributed by atoms with Gasteiger partial charge in [-0.3, -0.25) is 4.79 Å². The van der Waals surface area contributed by atoms with E-state index in [1.807, 2.05) is 0 Å². The average Bonchev–Trinajstić information content (AvgIpc) is 2.69. The highest BCUT2D eigenvalue weighted by Crippen LogP contribution is 2.36. The van der Waals surface area contributed by atoms with E-state index in [4.69, 9.17) is 4.74 Å². The van der Waals surface area contributed by atoms with E-state index in [-0.39, 0.29) is 11.9 Å². The van der Waals surface area contributed by atoms with E-state index >= 15 is 0 Å². The first-order valence-corrected chi connectivity index (χ1v) is 6.29. The SMILES string of the molecule is COC(=O)C1CCn2c(nnc2C2CCC2)C1. The highest BCUT2D eigenvalue weighted by atomic mass is 16.5. The summed E-state index contributed by atoms with van der Waals surface area (Å²) in [6, 6.07) is 0. The molecule has 1 aromatic rings. The van der Waals surface area contributed by atoms with Gasteiger partial charge < -0.3 is 9.30 Å². The molecule has 2 aliphatic rings. The van der Waals surface area contributed by atoms with Gasteiger partial charge in [-0.25, -0.2) is 0 Å². The van der Waals surface area contributed by atoms with Crippen LogP contribution in [0.25, 0.3) is 0 Å². The summed E-state index contributed by atoms with van der Waals surface area (Å²) in [5.41, 5.74) is 0. The van der Waals surface area contributed by atoms with Crippen LogP contribution in [-0.4, -0.2) is 27.8 Å². The lowest BCUT2D eigenvalue weighted by molar-refractivity contribution is -0.146. The van der Waals surface area contributed by atoms with Gasteiger partial charge in [0.1, 0.15) is 11.6 Å². The van der Waals surface area contributed by atoms with Crippen LogP contribution in [0.2, 0.25) is 0 Å². The van der Waals surface area contributed by atoms with E-state index in [9.17, 15) is 4.79 Å². The van der Waals surface area contributed by atoms with Gasteiger partial charge in [0.25, 0.3) is 0 Å². The second-order valence-corrected chi connectivity index (χ2v) is 4.97. The fourth-order valence-corrected chi connectivity index (χ4v) is 2.69. The zero-order chi connectivity index (χ0) is 11.8. The van der Waals surface area contributed by atoms with Gasteiger partial charge in [-0.05, 0) is 19.3 Å². The number of fused-ring (bicyclic) bond motifs is 1. The summed E-state index contributed by atoms with van der Waals surface area (Å²) >= 11 is 0. The third-order valence-electron chi connectivity index (χ3n) is 3.99. The number of aromatic nitrogens is 3. The van der Waals surface area contributed by atoms with E-state index < -0.39 is 0 Å². The van der Waals surface area contributed by atoms with Crippen LogP contribution in [0.4, 0.5) is 0 Å². The van der Waals surface area contributed by atoms with E-state index in [2.05, 4.69) is 14.8 Å². The summed E-state index contributed by atoms with van der Waals surface area (Å²) in [7, 11) is 1.45. The predicted molar refractivity (Wildman–Crippen MR) is 60.4 cm³/mol. The zero-order valence-corrected chi connectivity index (χ0v) is 10.1. The molecule has 17 heavy (non-hydrogen) atoms. The molecule has 5 heteroatoms. The van der Waals surface area contributed by atoms with E-state index in [1.165, 1.54) is 26.4 Å². The number of carbonyl (C=O) groups excluding carboxylic acids is 1. The molecule has 1 fully saturated rings. The lowest BCUT2D eigenvalue weighted by atomic mass is 9.84. The monoisotopic (exact) mass is 235 g/mol. The summed E-state index contributed by atoms with van der Waals surface area (Å²) < 4.78 is 7.01. The molecule has 3 rings (SSSR count). The quantitative estimate of drug-likeness (QED) is 0.725. The van der Waals surface area contributed by atoms with Gasteiger partial charge in [-0.2, -0.15) is 0 Å². The molecule has 1 atom stereocenters. The second kappa shape index (κ2) is 4.13. The summed E-state index contributed by atoms with van der Waals surface area (Å²) in [6.07, 6.45) is 5.29. The van der Waals surface area contributed by atoms with Crippen molar-refractivity contribution in [3.63, 3.8) is 0 Å².